The molecule has 3 rings (SSSR count). The van der Waals surface area contributed by atoms with Crippen molar-refractivity contribution in [2.75, 3.05) is 0 Å². The molecular formula is C15H20ClN. The monoisotopic (exact) mass is 249 g/mol. The van der Waals surface area contributed by atoms with Crippen LogP contribution in [-0.2, 0) is 6.42 Å². The van der Waals surface area contributed by atoms with E-state index in [1.807, 2.05) is 6.20 Å². The van der Waals surface area contributed by atoms with E-state index >= 15 is 0 Å². The lowest BCUT2D eigenvalue weighted by Crippen LogP contribution is -2.23. The van der Waals surface area contributed by atoms with Crippen LogP contribution in [0.2, 0.25) is 0 Å². The van der Waals surface area contributed by atoms with Crippen molar-refractivity contribution >= 4 is 11.6 Å². The van der Waals surface area contributed by atoms with Crippen molar-refractivity contribution in [3.8, 4) is 0 Å². The third-order valence-corrected chi connectivity index (χ3v) is 5.39. The van der Waals surface area contributed by atoms with Crippen LogP contribution >= 0.6 is 11.6 Å². The summed E-state index contributed by atoms with van der Waals surface area (Å²) in [6.07, 6.45) is 8.27. The highest BCUT2D eigenvalue weighted by Gasteiger charge is 2.39. The van der Waals surface area contributed by atoms with Gasteiger partial charge in [0.25, 0.3) is 0 Å². The number of aromatic nitrogens is 1. The second-order valence-electron chi connectivity index (χ2n) is 5.66. The van der Waals surface area contributed by atoms with Gasteiger partial charge in [-0.15, -0.1) is 11.6 Å². The van der Waals surface area contributed by atoms with Crippen molar-refractivity contribution in [1.29, 1.82) is 0 Å². The third kappa shape index (κ3) is 1.99. The summed E-state index contributed by atoms with van der Waals surface area (Å²) in [5.74, 6) is 2.07. The Bertz CT molecular complexity index is 404. The van der Waals surface area contributed by atoms with Crippen molar-refractivity contribution < 1.29 is 0 Å². The second kappa shape index (κ2) is 4.61. The number of nitrogens with zero attached hydrogens (tertiary/aromatic N) is 1. The van der Waals surface area contributed by atoms with Crippen LogP contribution in [0.4, 0.5) is 0 Å². The molecule has 0 amide bonds. The fraction of sp³-hybridized carbons (Fsp3) is 0.667. The van der Waals surface area contributed by atoms with E-state index in [2.05, 4.69) is 24.0 Å². The molecule has 1 nitrogen and oxygen atoms in total. The van der Waals surface area contributed by atoms with E-state index in [1.54, 1.807) is 0 Å². The van der Waals surface area contributed by atoms with E-state index < -0.39 is 0 Å². The maximum atomic E-state index is 6.38. The van der Waals surface area contributed by atoms with Gasteiger partial charge in [-0.3, -0.25) is 4.98 Å². The number of aryl methyl sites for hydroxylation is 1. The Morgan fingerprint density at radius 1 is 1.29 bits per heavy atom. The van der Waals surface area contributed by atoms with Crippen LogP contribution < -0.4 is 0 Å². The summed E-state index contributed by atoms with van der Waals surface area (Å²) < 4.78 is 0. The Balaban J connectivity index is 1.90. The topological polar surface area (TPSA) is 12.9 Å². The first-order valence-corrected chi connectivity index (χ1v) is 7.29. The minimum Gasteiger partial charge on any atom is -0.261 e. The predicted molar refractivity (Wildman–Crippen MR) is 71.4 cm³/mol. The number of hydrogen-bond acceptors (Lipinski definition) is 1. The smallest absolute Gasteiger partial charge is 0.0469 e. The van der Waals surface area contributed by atoms with Gasteiger partial charge < -0.3 is 0 Å². The molecule has 4 atom stereocenters. The summed E-state index contributed by atoms with van der Waals surface area (Å²) >= 11 is 6.38. The second-order valence-corrected chi connectivity index (χ2v) is 6.22. The molecule has 17 heavy (non-hydrogen) atoms. The average molecular weight is 250 g/mol. The van der Waals surface area contributed by atoms with E-state index in [4.69, 9.17) is 11.6 Å². The van der Waals surface area contributed by atoms with Crippen molar-refractivity contribution in [3.63, 3.8) is 0 Å². The standard InChI is InChI=1S/C15H20ClN/c1-10-12(7-8-14(10)16)13-6-2-4-11-5-3-9-17-15(11)13/h3,5,9-10,12-14H,2,4,6-8H2,1H3. The van der Waals surface area contributed by atoms with Crippen LogP contribution in [0.5, 0.6) is 0 Å². The summed E-state index contributed by atoms with van der Waals surface area (Å²) in [5, 5.41) is 0.383. The number of pyridine rings is 1. The van der Waals surface area contributed by atoms with Gasteiger partial charge in [0.05, 0.1) is 0 Å². The van der Waals surface area contributed by atoms with Crippen LogP contribution in [0.15, 0.2) is 18.3 Å². The quantitative estimate of drug-likeness (QED) is 0.682. The molecule has 92 valence electrons. The first-order chi connectivity index (χ1) is 8.27. The van der Waals surface area contributed by atoms with Crippen LogP contribution in [0.3, 0.4) is 0 Å². The van der Waals surface area contributed by atoms with Gasteiger partial charge in [-0.25, -0.2) is 0 Å². The first kappa shape index (κ1) is 11.5. The Kier molecular flexibility index (Phi) is 3.12. The highest BCUT2D eigenvalue weighted by Crippen LogP contribution is 2.47. The van der Waals surface area contributed by atoms with Crippen molar-refractivity contribution in [3.05, 3.63) is 29.6 Å². The maximum absolute atomic E-state index is 6.38. The Morgan fingerprint density at radius 3 is 2.94 bits per heavy atom. The lowest BCUT2D eigenvalue weighted by molar-refractivity contribution is 0.312. The van der Waals surface area contributed by atoms with Crippen LogP contribution in [0.25, 0.3) is 0 Å². The lowest BCUT2D eigenvalue weighted by atomic mass is 9.75. The zero-order valence-corrected chi connectivity index (χ0v) is 11.2. The number of rotatable bonds is 1. The summed E-state index contributed by atoms with van der Waals surface area (Å²) in [5.41, 5.74) is 2.86. The van der Waals surface area contributed by atoms with Gasteiger partial charge >= 0.3 is 0 Å². The minimum atomic E-state index is 0.383. The molecule has 1 saturated carbocycles. The molecule has 2 aliphatic rings. The summed E-state index contributed by atoms with van der Waals surface area (Å²) in [7, 11) is 0. The molecular weight excluding hydrogens is 230 g/mol. The van der Waals surface area contributed by atoms with Gasteiger partial charge in [-0.05, 0) is 55.6 Å². The highest BCUT2D eigenvalue weighted by molar-refractivity contribution is 6.20. The minimum absolute atomic E-state index is 0.383. The van der Waals surface area contributed by atoms with Gasteiger partial charge in [0.1, 0.15) is 0 Å². The number of fused-ring (bicyclic) bond motifs is 1. The molecule has 0 bridgehead atoms. The summed E-state index contributed by atoms with van der Waals surface area (Å²) in [6, 6.07) is 4.33. The molecule has 1 aromatic heterocycles. The molecule has 0 spiro atoms. The van der Waals surface area contributed by atoms with Crippen LogP contribution in [-0.4, -0.2) is 10.4 Å². The Hall–Kier alpha value is -0.560. The molecule has 0 saturated heterocycles. The van der Waals surface area contributed by atoms with E-state index in [0.29, 0.717) is 17.2 Å². The van der Waals surface area contributed by atoms with Crippen molar-refractivity contribution in [2.45, 2.75) is 50.3 Å². The molecule has 1 heterocycles. The molecule has 2 heteroatoms. The average Bonchev–Trinajstić information content (AvgIpc) is 2.69. The summed E-state index contributed by atoms with van der Waals surface area (Å²) in [6.45, 7) is 2.33. The normalized spacial score (nSPS) is 36.8. The summed E-state index contributed by atoms with van der Waals surface area (Å²) in [4.78, 5) is 4.66. The fourth-order valence-electron chi connectivity index (χ4n) is 3.78. The highest BCUT2D eigenvalue weighted by atomic mass is 35.5. The predicted octanol–water partition coefficient (Wildman–Crippen LogP) is 4.16. The zero-order valence-electron chi connectivity index (χ0n) is 10.4. The van der Waals surface area contributed by atoms with Gasteiger partial charge in [-0.1, -0.05) is 13.0 Å². The van der Waals surface area contributed by atoms with Crippen molar-refractivity contribution in [2.24, 2.45) is 11.8 Å². The number of halogens is 1. The molecule has 0 aliphatic heterocycles. The van der Waals surface area contributed by atoms with Crippen molar-refractivity contribution in [1.82, 2.24) is 4.98 Å². The van der Waals surface area contributed by atoms with Gasteiger partial charge in [-0.2, -0.15) is 0 Å². The maximum Gasteiger partial charge on any atom is 0.0469 e. The molecule has 1 aromatic rings. The molecule has 0 N–H and O–H groups in total. The SMILES string of the molecule is CC1C(Cl)CCC1C1CCCc2cccnc21. The van der Waals surface area contributed by atoms with E-state index in [0.717, 1.165) is 5.92 Å². The molecule has 2 aliphatic carbocycles. The van der Waals surface area contributed by atoms with Gasteiger partial charge in [0.15, 0.2) is 0 Å². The number of hydrogen-bond donors (Lipinski definition) is 0. The Labute approximate surface area is 109 Å². The first-order valence-electron chi connectivity index (χ1n) is 6.85. The zero-order chi connectivity index (χ0) is 11.8. The van der Waals surface area contributed by atoms with Crippen LogP contribution in [0, 0.1) is 11.8 Å². The van der Waals surface area contributed by atoms with Gasteiger partial charge in [0.2, 0.25) is 0 Å². The lowest BCUT2D eigenvalue weighted by Gasteiger charge is -2.31. The molecule has 0 radical (unpaired) electrons. The molecule has 0 aromatic carbocycles. The van der Waals surface area contributed by atoms with E-state index in [9.17, 15) is 0 Å². The van der Waals surface area contributed by atoms with Gasteiger partial charge in [0, 0.05) is 23.2 Å². The fourth-order valence-corrected chi connectivity index (χ4v) is 4.09. The largest absolute Gasteiger partial charge is 0.261 e. The number of alkyl halides is 1. The van der Waals surface area contributed by atoms with Crippen LogP contribution in [0.1, 0.15) is 49.8 Å². The third-order valence-electron chi connectivity index (χ3n) is 4.78. The molecule has 1 fully saturated rings. The Morgan fingerprint density at radius 2 is 2.18 bits per heavy atom. The van der Waals surface area contributed by atoms with E-state index in [1.165, 1.54) is 43.4 Å². The van der Waals surface area contributed by atoms with E-state index in [-0.39, 0.29) is 0 Å². The molecule has 4 unspecified atom stereocenters.